The monoisotopic (exact) mass is 360 g/mol. The maximum absolute atomic E-state index is 10.5. The molecular weight excluding hydrogens is 332 g/mol. The molecule has 2 N–H and O–H groups in total. The van der Waals surface area contributed by atoms with Crippen molar-refractivity contribution < 1.29 is 24.5 Å². The van der Waals surface area contributed by atoms with Crippen LogP contribution in [0.2, 0.25) is 0 Å². The largest absolute Gasteiger partial charge is 0.481 e. The van der Waals surface area contributed by atoms with Gasteiger partial charge in [0, 0.05) is 25.6 Å². The highest BCUT2D eigenvalue weighted by Gasteiger charge is 2.47. The van der Waals surface area contributed by atoms with E-state index in [0.717, 1.165) is 24.8 Å². The predicted molar refractivity (Wildman–Crippen MR) is 97.7 cm³/mol. The Morgan fingerprint density at radius 1 is 1.23 bits per heavy atom. The van der Waals surface area contributed by atoms with Gasteiger partial charge in [-0.1, -0.05) is 42.5 Å². The minimum Gasteiger partial charge on any atom is -0.481 e. The molecule has 2 aliphatic heterocycles. The third-order valence-corrected chi connectivity index (χ3v) is 5.42. The van der Waals surface area contributed by atoms with E-state index in [2.05, 4.69) is 6.08 Å². The summed E-state index contributed by atoms with van der Waals surface area (Å²) >= 11 is 0. The van der Waals surface area contributed by atoms with Gasteiger partial charge in [0.1, 0.15) is 0 Å². The van der Waals surface area contributed by atoms with Gasteiger partial charge in [0.15, 0.2) is 0 Å². The third-order valence-electron chi connectivity index (χ3n) is 5.42. The van der Waals surface area contributed by atoms with Crippen LogP contribution in [0.25, 0.3) is 0 Å². The Kier molecular flexibility index (Phi) is 6.83. The molecule has 2 heterocycles. The molecule has 5 atom stereocenters. The summed E-state index contributed by atoms with van der Waals surface area (Å²) in [6.07, 6.45) is 7.73. The van der Waals surface area contributed by atoms with Gasteiger partial charge in [-0.15, -0.1) is 0 Å². The van der Waals surface area contributed by atoms with Crippen molar-refractivity contribution in [1.29, 1.82) is 0 Å². The number of hydrogen-bond donors (Lipinski definition) is 2. The fourth-order valence-electron chi connectivity index (χ4n) is 4.10. The molecule has 1 aromatic rings. The molecular formula is C21H28O5. The van der Waals surface area contributed by atoms with Crippen molar-refractivity contribution in [2.45, 2.75) is 50.4 Å². The molecule has 2 saturated heterocycles. The van der Waals surface area contributed by atoms with E-state index in [1.807, 2.05) is 36.4 Å². The van der Waals surface area contributed by atoms with E-state index in [4.69, 9.17) is 14.6 Å². The van der Waals surface area contributed by atoms with Gasteiger partial charge >= 0.3 is 5.97 Å². The number of aliphatic carboxylic acids is 1. The van der Waals surface area contributed by atoms with Crippen molar-refractivity contribution >= 4 is 5.97 Å². The normalized spacial score (nSPS) is 28.7. The average molecular weight is 360 g/mol. The summed E-state index contributed by atoms with van der Waals surface area (Å²) in [5.41, 5.74) is 0.895. The number of hydrogen-bond acceptors (Lipinski definition) is 4. The quantitative estimate of drug-likeness (QED) is 0.494. The minimum absolute atomic E-state index is 0.153. The first-order chi connectivity index (χ1) is 12.6. The smallest absolute Gasteiger partial charge is 0.303 e. The van der Waals surface area contributed by atoms with Crippen molar-refractivity contribution in [2.24, 2.45) is 11.8 Å². The Labute approximate surface area is 154 Å². The van der Waals surface area contributed by atoms with Crippen LogP contribution in [0.5, 0.6) is 0 Å². The first-order valence-corrected chi connectivity index (χ1v) is 9.51. The Hall–Kier alpha value is -1.69. The van der Waals surface area contributed by atoms with Gasteiger partial charge < -0.3 is 19.7 Å². The summed E-state index contributed by atoms with van der Waals surface area (Å²) in [6.45, 7) is 1.11. The van der Waals surface area contributed by atoms with Gasteiger partial charge in [0.05, 0.1) is 18.3 Å². The molecule has 1 aromatic carbocycles. The summed E-state index contributed by atoms with van der Waals surface area (Å²) in [7, 11) is 0. The maximum atomic E-state index is 10.5. The van der Waals surface area contributed by atoms with E-state index >= 15 is 0 Å². The first-order valence-electron chi connectivity index (χ1n) is 9.51. The first kappa shape index (κ1) is 19.1. The second-order valence-electron chi connectivity index (χ2n) is 7.17. The zero-order valence-electron chi connectivity index (χ0n) is 15.0. The van der Waals surface area contributed by atoms with Crippen molar-refractivity contribution in [1.82, 2.24) is 0 Å². The SMILES string of the molecule is O=C(O)CCCOCC[C@@H]1[C@H](/C=C/C(O)c2ccccc2)[C@@H]2CC[C@H]1O2. The number of carbonyl (C=O) groups is 1. The van der Waals surface area contributed by atoms with E-state index in [-0.39, 0.29) is 18.6 Å². The van der Waals surface area contributed by atoms with Crippen LogP contribution in [-0.2, 0) is 14.3 Å². The molecule has 2 fully saturated rings. The molecule has 0 saturated carbocycles. The molecule has 142 valence electrons. The summed E-state index contributed by atoms with van der Waals surface area (Å²) < 4.78 is 11.7. The molecule has 1 unspecified atom stereocenters. The summed E-state index contributed by atoms with van der Waals surface area (Å²) in [4.78, 5) is 10.5. The molecule has 0 aromatic heterocycles. The zero-order valence-corrected chi connectivity index (χ0v) is 15.0. The standard InChI is InChI=1S/C21H28O5/c22-18(15-5-2-1-3-6-15)9-8-16-17(20-11-10-19(16)26-20)12-14-25-13-4-7-21(23)24/h1-3,5-6,8-9,16-20,22H,4,7,10-14H2,(H,23,24)/b9-8+/t16-,17+,18?,19-,20+/m0/s1. The fraction of sp³-hybridized carbons (Fsp3) is 0.571. The van der Waals surface area contributed by atoms with Crippen LogP contribution in [-0.4, -0.2) is 41.6 Å². The van der Waals surface area contributed by atoms with Gasteiger partial charge in [-0.25, -0.2) is 0 Å². The summed E-state index contributed by atoms with van der Waals surface area (Å²) in [5.74, 6) is -0.0561. The summed E-state index contributed by atoms with van der Waals surface area (Å²) in [5, 5.41) is 19.0. The van der Waals surface area contributed by atoms with E-state index in [9.17, 15) is 9.90 Å². The van der Waals surface area contributed by atoms with Crippen LogP contribution < -0.4 is 0 Å². The van der Waals surface area contributed by atoms with Crippen LogP contribution in [0.4, 0.5) is 0 Å². The maximum Gasteiger partial charge on any atom is 0.303 e. The molecule has 5 heteroatoms. The van der Waals surface area contributed by atoms with Crippen molar-refractivity contribution in [3.8, 4) is 0 Å². The molecule has 5 nitrogen and oxygen atoms in total. The lowest BCUT2D eigenvalue weighted by Gasteiger charge is -2.26. The molecule has 26 heavy (non-hydrogen) atoms. The van der Waals surface area contributed by atoms with E-state index in [0.29, 0.717) is 31.5 Å². The number of fused-ring (bicyclic) bond motifs is 2. The van der Waals surface area contributed by atoms with Crippen LogP contribution in [0.1, 0.15) is 43.8 Å². The van der Waals surface area contributed by atoms with Gasteiger partial charge in [-0.3, -0.25) is 4.79 Å². The Bertz CT molecular complexity index is 600. The lowest BCUT2D eigenvalue weighted by Crippen LogP contribution is -2.27. The van der Waals surface area contributed by atoms with Crippen LogP contribution in [0.3, 0.4) is 0 Å². The number of aliphatic hydroxyl groups excluding tert-OH is 1. The highest BCUT2D eigenvalue weighted by Crippen LogP contribution is 2.45. The Morgan fingerprint density at radius 3 is 2.77 bits per heavy atom. The van der Waals surface area contributed by atoms with Crippen LogP contribution >= 0.6 is 0 Å². The number of carboxylic acids is 1. The van der Waals surface area contributed by atoms with Crippen LogP contribution in [0, 0.1) is 11.8 Å². The third kappa shape index (κ3) is 4.93. The van der Waals surface area contributed by atoms with Gasteiger partial charge in [0.25, 0.3) is 0 Å². The number of rotatable bonds is 10. The number of ether oxygens (including phenoxy) is 2. The Morgan fingerprint density at radius 2 is 2.00 bits per heavy atom. The molecule has 2 aliphatic rings. The van der Waals surface area contributed by atoms with Crippen molar-refractivity contribution in [2.75, 3.05) is 13.2 Å². The van der Waals surface area contributed by atoms with Gasteiger partial charge in [-0.05, 0) is 37.2 Å². The van der Waals surface area contributed by atoms with E-state index < -0.39 is 12.1 Å². The molecule has 0 spiro atoms. The molecule has 2 bridgehead atoms. The number of aliphatic hydroxyl groups is 1. The highest BCUT2D eigenvalue weighted by atomic mass is 16.5. The molecule has 3 rings (SSSR count). The van der Waals surface area contributed by atoms with Gasteiger partial charge in [-0.2, -0.15) is 0 Å². The van der Waals surface area contributed by atoms with E-state index in [1.165, 1.54) is 0 Å². The van der Waals surface area contributed by atoms with Crippen molar-refractivity contribution in [3.05, 3.63) is 48.0 Å². The average Bonchev–Trinajstić information content (AvgIpc) is 3.24. The van der Waals surface area contributed by atoms with Crippen LogP contribution in [0.15, 0.2) is 42.5 Å². The lowest BCUT2D eigenvalue weighted by molar-refractivity contribution is -0.137. The lowest BCUT2D eigenvalue weighted by atomic mass is 9.77. The number of benzene rings is 1. The van der Waals surface area contributed by atoms with E-state index in [1.54, 1.807) is 0 Å². The minimum atomic E-state index is -0.780. The zero-order chi connectivity index (χ0) is 18.4. The fourth-order valence-corrected chi connectivity index (χ4v) is 4.10. The van der Waals surface area contributed by atoms with Crippen molar-refractivity contribution in [3.63, 3.8) is 0 Å². The second kappa shape index (κ2) is 9.31. The Balaban J connectivity index is 1.49. The molecule has 0 aliphatic carbocycles. The highest BCUT2D eigenvalue weighted by molar-refractivity contribution is 5.66. The second-order valence-corrected chi connectivity index (χ2v) is 7.17. The topological polar surface area (TPSA) is 76.0 Å². The summed E-state index contributed by atoms with van der Waals surface area (Å²) in [6, 6.07) is 9.65. The number of carboxylic acid groups (broad SMARTS) is 1. The predicted octanol–water partition coefficient (Wildman–Crippen LogP) is 3.34. The molecule has 0 amide bonds. The molecule has 0 radical (unpaired) electrons. The van der Waals surface area contributed by atoms with Gasteiger partial charge in [0.2, 0.25) is 0 Å².